The lowest BCUT2D eigenvalue weighted by molar-refractivity contribution is -0.137. The van der Waals surface area contributed by atoms with E-state index in [1.54, 1.807) is 0 Å². The number of benzene rings is 1. The largest absolute Gasteiger partial charge is 0.361 e. The summed E-state index contributed by atoms with van der Waals surface area (Å²) in [6.07, 6.45) is 4.51. The number of aromatic amines is 1. The molecule has 6 heteroatoms. The fourth-order valence-electron chi connectivity index (χ4n) is 4.30. The second-order valence-corrected chi connectivity index (χ2v) is 7.90. The van der Waals surface area contributed by atoms with E-state index in [0.29, 0.717) is 6.54 Å². The minimum absolute atomic E-state index is 0.0679. The van der Waals surface area contributed by atoms with Crippen molar-refractivity contribution in [3.8, 4) is 0 Å². The van der Waals surface area contributed by atoms with Gasteiger partial charge in [0.05, 0.1) is 6.04 Å². The first kappa shape index (κ1) is 21.4. The molecule has 2 amide bonds. The van der Waals surface area contributed by atoms with Gasteiger partial charge >= 0.3 is 0 Å². The third kappa shape index (κ3) is 4.99. The molecule has 1 unspecified atom stereocenters. The lowest BCUT2D eigenvalue weighted by Gasteiger charge is -2.36. The van der Waals surface area contributed by atoms with Gasteiger partial charge in [-0.25, -0.2) is 0 Å². The maximum absolute atomic E-state index is 12.6. The van der Waals surface area contributed by atoms with Crippen LogP contribution in [0.25, 0.3) is 10.9 Å². The highest BCUT2D eigenvalue weighted by Gasteiger charge is 2.31. The Kier molecular flexibility index (Phi) is 7.31. The molecule has 2 aromatic rings. The van der Waals surface area contributed by atoms with Crippen LogP contribution in [-0.2, 0) is 16.0 Å². The lowest BCUT2D eigenvalue weighted by atomic mass is 9.94. The van der Waals surface area contributed by atoms with Crippen molar-refractivity contribution in [2.75, 3.05) is 32.7 Å². The molecule has 1 atom stereocenters. The molecule has 0 aliphatic carbocycles. The monoisotopic (exact) mass is 398 g/mol. The Morgan fingerprint density at radius 3 is 2.59 bits per heavy atom. The molecule has 29 heavy (non-hydrogen) atoms. The molecule has 2 heterocycles. The standard InChI is InChI=1S/C23H34N4O2/c1-4-26(5-2)23(29)18-11-14-27(15-12-18)17(3)22(28)24-13-10-19-16-25-21-9-7-6-8-20(19)21/h6-9,16-18,25H,4-5,10-15H2,1-3H3,(H,24,28). The number of hydrogen-bond donors (Lipinski definition) is 2. The van der Waals surface area contributed by atoms with Gasteiger partial charge in [-0.15, -0.1) is 0 Å². The summed E-state index contributed by atoms with van der Waals surface area (Å²) in [6.45, 7) is 9.78. The molecule has 1 fully saturated rings. The summed E-state index contributed by atoms with van der Waals surface area (Å²) in [5.74, 6) is 0.437. The van der Waals surface area contributed by atoms with Gasteiger partial charge in [0.25, 0.3) is 0 Å². The van der Waals surface area contributed by atoms with Crippen LogP contribution in [0.1, 0.15) is 39.2 Å². The molecule has 1 aromatic carbocycles. The van der Waals surface area contributed by atoms with E-state index in [4.69, 9.17) is 0 Å². The van der Waals surface area contributed by atoms with Gasteiger partial charge in [0.15, 0.2) is 0 Å². The highest BCUT2D eigenvalue weighted by Crippen LogP contribution is 2.21. The number of piperidine rings is 1. The highest BCUT2D eigenvalue weighted by molar-refractivity contribution is 5.84. The number of likely N-dealkylation sites (tertiary alicyclic amines) is 1. The van der Waals surface area contributed by atoms with Crippen molar-refractivity contribution < 1.29 is 9.59 Å². The molecule has 6 nitrogen and oxygen atoms in total. The normalized spacial score (nSPS) is 16.7. The fourth-order valence-corrected chi connectivity index (χ4v) is 4.30. The van der Waals surface area contributed by atoms with Crippen molar-refractivity contribution in [3.63, 3.8) is 0 Å². The highest BCUT2D eigenvalue weighted by atomic mass is 16.2. The zero-order valence-corrected chi connectivity index (χ0v) is 17.9. The van der Waals surface area contributed by atoms with Crippen LogP contribution >= 0.6 is 0 Å². The van der Waals surface area contributed by atoms with E-state index in [2.05, 4.69) is 27.3 Å². The third-order valence-electron chi connectivity index (χ3n) is 6.25. The van der Waals surface area contributed by atoms with Gasteiger partial charge in [0.2, 0.25) is 11.8 Å². The van der Waals surface area contributed by atoms with Crippen LogP contribution in [-0.4, -0.2) is 65.4 Å². The van der Waals surface area contributed by atoms with Crippen LogP contribution in [0.4, 0.5) is 0 Å². The first-order valence-electron chi connectivity index (χ1n) is 10.9. The number of rotatable bonds is 8. The Labute approximate surface area is 173 Å². The minimum Gasteiger partial charge on any atom is -0.361 e. The van der Waals surface area contributed by atoms with Crippen LogP contribution in [0.5, 0.6) is 0 Å². The molecule has 0 spiro atoms. The molecule has 0 saturated carbocycles. The molecule has 1 saturated heterocycles. The van der Waals surface area contributed by atoms with Crippen molar-refractivity contribution in [1.29, 1.82) is 0 Å². The van der Waals surface area contributed by atoms with Gasteiger partial charge in [-0.2, -0.15) is 0 Å². The van der Waals surface area contributed by atoms with Gasteiger partial charge < -0.3 is 15.2 Å². The quantitative estimate of drug-likeness (QED) is 0.718. The van der Waals surface area contributed by atoms with E-state index >= 15 is 0 Å². The number of H-pyrrole nitrogens is 1. The smallest absolute Gasteiger partial charge is 0.237 e. The summed E-state index contributed by atoms with van der Waals surface area (Å²) in [4.78, 5) is 32.6. The molecule has 1 aliphatic rings. The zero-order valence-electron chi connectivity index (χ0n) is 17.9. The molecular formula is C23H34N4O2. The van der Waals surface area contributed by atoms with Gasteiger partial charge in [-0.05, 0) is 64.8 Å². The van der Waals surface area contributed by atoms with Crippen molar-refractivity contribution >= 4 is 22.7 Å². The van der Waals surface area contributed by atoms with Gasteiger partial charge in [-0.1, -0.05) is 18.2 Å². The number of carbonyl (C=O) groups is 2. The maximum Gasteiger partial charge on any atom is 0.237 e. The topological polar surface area (TPSA) is 68.4 Å². The predicted molar refractivity (Wildman–Crippen MR) is 117 cm³/mol. The van der Waals surface area contributed by atoms with Crippen LogP contribution in [0.15, 0.2) is 30.5 Å². The number of aromatic nitrogens is 1. The van der Waals surface area contributed by atoms with Crippen LogP contribution in [0, 0.1) is 5.92 Å². The summed E-state index contributed by atoms with van der Waals surface area (Å²) in [5.41, 5.74) is 2.36. The maximum atomic E-state index is 12.6. The van der Waals surface area contributed by atoms with E-state index in [1.165, 1.54) is 10.9 Å². The number of fused-ring (bicyclic) bond motifs is 1. The lowest BCUT2D eigenvalue weighted by Crippen LogP contribution is -2.50. The van der Waals surface area contributed by atoms with E-state index in [9.17, 15) is 9.59 Å². The summed E-state index contributed by atoms with van der Waals surface area (Å²) < 4.78 is 0. The summed E-state index contributed by atoms with van der Waals surface area (Å²) in [6, 6.07) is 8.06. The van der Waals surface area contributed by atoms with Gasteiger partial charge in [0, 0.05) is 42.7 Å². The first-order chi connectivity index (χ1) is 14.0. The molecule has 3 rings (SSSR count). The molecule has 0 bridgehead atoms. The molecular weight excluding hydrogens is 364 g/mol. The van der Waals surface area contributed by atoms with E-state index in [1.807, 2.05) is 44.0 Å². The number of carbonyl (C=O) groups excluding carboxylic acids is 2. The average molecular weight is 399 g/mol. The molecule has 158 valence electrons. The fraction of sp³-hybridized carbons (Fsp3) is 0.565. The number of para-hydroxylation sites is 1. The van der Waals surface area contributed by atoms with Crippen molar-refractivity contribution in [2.45, 2.75) is 46.1 Å². The Morgan fingerprint density at radius 2 is 1.90 bits per heavy atom. The molecule has 1 aromatic heterocycles. The Bertz CT molecular complexity index is 819. The first-order valence-corrected chi connectivity index (χ1v) is 10.9. The van der Waals surface area contributed by atoms with Crippen LogP contribution in [0.2, 0.25) is 0 Å². The zero-order chi connectivity index (χ0) is 20.8. The van der Waals surface area contributed by atoms with Crippen LogP contribution < -0.4 is 5.32 Å². The van der Waals surface area contributed by atoms with Crippen LogP contribution in [0.3, 0.4) is 0 Å². The van der Waals surface area contributed by atoms with Gasteiger partial charge in [-0.3, -0.25) is 14.5 Å². The Morgan fingerprint density at radius 1 is 1.21 bits per heavy atom. The summed E-state index contributed by atoms with van der Waals surface area (Å²) in [5, 5.41) is 4.30. The SMILES string of the molecule is CCN(CC)C(=O)C1CCN(C(C)C(=O)NCCc2c[nH]c3ccccc23)CC1. The minimum atomic E-state index is -0.164. The number of amides is 2. The summed E-state index contributed by atoms with van der Waals surface area (Å²) >= 11 is 0. The predicted octanol–water partition coefficient (Wildman–Crippen LogP) is 2.80. The van der Waals surface area contributed by atoms with E-state index < -0.39 is 0 Å². The molecule has 1 aliphatic heterocycles. The Hall–Kier alpha value is -2.34. The van der Waals surface area contributed by atoms with E-state index in [0.717, 1.165) is 51.0 Å². The van der Waals surface area contributed by atoms with Crippen molar-refractivity contribution in [1.82, 2.24) is 20.1 Å². The molecule has 2 N–H and O–H groups in total. The average Bonchev–Trinajstić information content (AvgIpc) is 3.17. The Balaban J connectivity index is 1.44. The van der Waals surface area contributed by atoms with E-state index in [-0.39, 0.29) is 23.8 Å². The molecule has 0 radical (unpaired) electrons. The number of nitrogens with zero attached hydrogens (tertiary/aromatic N) is 2. The third-order valence-corrected chi connectivity index (χ3v) is 6.25. The van der Waals surface area contributed by atoms with Crippen molar-refractivity contribution in [3.05, 3.63) is 36.0 Å². The van der Waals surface area contributed by atoms with Crippen molar-refractivity contribution in [2.24, 2.45) is 5.92 Å². The second kappa shape index (κ2) is 9.92. The number of nitrogens with one attached hydrogen (secondary N) is 2. The second-order valence-electron chi connectivity index (χ2n) is 7.90. The number of hydrogen-bond acceptors (Lipinski definition) is 3. The van der Waals surface area contributed by atoms with Gasteiger partial charge in [0.1, 0.15) is 0 Å². The summed E-state index contributed by atoms with van der Waals surface area (Å²) in [7, 11) is 0.